The fourth-order valence-electron chi connectivity index (χ4n) is 2.85. The summed E-state index contributed by atoms with van der Waals surface area (Å²) >= 11 is 0. The van der Waals surface area contributed by atoms with E-state index in [2.05, 4.69) is 60.2 Å². The molecule has 0 unspecified atom stereocenters. The lowest BCUT2D eigenvalue weighted by molar-refractivity contribution is -2.00. The lowest BCUT2D eigenvalue weighted by Gasteiger charge is -2.36. The highest BCUT2D eigenvalue weighted by atomic mass is 35.7. The maximum absolute atomic E-state index is 8.49. The third-order valence-electron chi connectivity index (χ3n) is 4.14. The molecule has 0 N–H and O–H groups in total. The molecule has 1 aliphatic rings. The highest BCUT2D eigenvalue weighted by Crippen LogP contribution is 2.38. The van der Waals surface area contributed by atoms with E-state index < -0.39 is 10.2 Å². The Balaban J connectivity index is 0.000000399. The summed E-state index contributed by atoms with van der Waals surface area (Å²) in [6.07, 6.45) is 0.953. The number of ether oxygens (including phenoxy) is 1. The molecule has 2 aromatic carbocycles. The molecule has 0 atom stereocenters. The summed E-state index contributed by atoms with van der Waals surface area (Å²) in [6, 6.07) is 21.1. The maximum atomic E-state index is 8.49. The molecule has 3 rings (SSSR count). The van der Waals surface area contributed by atoms with E-state index in [-0.39, 0.29) is 5.60 Å². The van der Waals surface area contributed by atoms with Crippen molar-refractivity contribution in [3.63, 3.8) is 0 Å². The zero-order valence-corrected chi connectivity index (χ0v) is 14.8. The van der Waals surface area contributed by atoms with Gasteiger partial charge < -0.3 is 4.74 Å². The van der Waals surface area contributed by atoms with E-state index in [9.17, 15) is 0 Å². The van der Waals surface area contributed by atoms with Gasteiger partial charge >= 0.3 is 5.90 Å². The van der Waals surface area contributed by atoms with E-state index in [0.717, 1.165) is 18.9 Å². The summed E-state index contributed by atoms with van der Waals surface area (Å²) in [5.41, 5.74) is 2.08. The van der Waals surface area contributed by atoms with Gasteiger partial charge in [0.25, 0.3) is 0 Å². The number of hydrogen-bond donors (Lipinski definition) is 0. The molecule has 2 aromatic rings. The average Bonchev–Trinajstić information content (AvgIpc) is 2.58. The van der Waals surface area contributed by atoms with E-state index in [0.29, 0.717) is 0 Å². The molecule has 0 radical (unpaired) electrons. The summed E-state index contributed by atoms with van der Waals surface area (Å²) < 4.78 is 42.5. The number of nitrogens with zero attached hydrogens (tertiary/aromatic N) is 1. The van der Waals surface area contributed by atoms with Gasteiger partial charge in [-0.1, -0.05) is 60.7 Å². The molecule has 25 heavy (non-hydrogen) atoms. The van der Waals surface area contributed by atoms with Crippen molar-refractivity contribution < 1.29 is 38.2 Å². The Bertz CT molecular complexity index is 668. The van der Waals surface area contributed by atoms with Gasteiger partial charge in [0, 0.05) is 11.1 Å². The second kappa shape index (κ2) is 7.95. The minimum atomic E-state index is -4.94. The number of halogens is 1. The van der Waals surface area contributed by atoms with E-state index >= 15 is 0 Å². The summed E-state index contributed by atoms with van der Waals surface area (Å²) in [5, 5.41) is 0. The fourth-order valence-corrected chi connectivity index (χ4v) is 2.85. The molecular formula is C18H20ClNO5. The van der Waals surface area contributed by atoms with E-state index in [1.165, 1.54) is 11.1 Å². The molecular weight excluding hydrogens is 346 g/mol. The average molecular weight is 366 g/mol. The Labute approximate surface area is 149 Å². The Morgan fingerprint density at radius 1 is 0.880 bits per heavy atom. The molecule has 134 valence electrons. The zero-order valence-electron chi connectivity index (χ0n) is 14.1. The van der Waals surface area contributed by atoms with Crippen molar-refractivity contribution in [2.24, 2.45) is 0 Å². The lowest BCUT2D eigenvalue weighted by Crippen LogP contribution is -2.68. The number of rotatable bonds is 2. The van der Waals surface area contributed by atoms with Gasteiger partial charge in [0.1, 0.15) is 7.05 Å². The SMILES string of the molecule is CC1=[N+](C)CCC(c2ccccc2)(c2ccccc2)O1.[O-][Cl+3]([O-])([O-])[O-]. The van der Waals surface area contributed by atoms with E-state index in [1.807, 2.05) is 19.1 Å². The highest BCUT2D eigenvalue weighted by Gasteiger charge is 2.42. The largest absolute Gasteiger partial charge is 0.432 e. The first-order chi connectivity index (χ1) is 11.7. The highest BCUT2D eigenvalue weighted by molar-refractivity contribution is 5.69. The van der Waals surface area contributed by atoms with E-state index in [4.69, 9.17) is 23.4 Å². The zero-order chi connectivity index (χ0) is 18.5. The van der Waals surface area contributed by atoms with Crippen LogP contribution in [0, 0.1) is 10.2 Å². The van der Waals surface area contributed by atoms with Gasteiger partial charge in [-0.2, -0.15) is 0 Å². The molecule has 0 aliphatic carbocycles. The van der Waals surface area contributed by atoms with Gasteiger partial charge in [0.2, 0.25) is 0 Å². The van der Waals surface area contributed by atoms with Gasteiger partial charge in [-0.25, -0.2) is 23.2 Å². The molecule has 1 aliphatic heterocycles. The van der Waals surface area contributed by atoms with Crippen LogP contribution in [0.15, 0.2) is 60.7 Å². The Morgan fingerprint density at radius 2 is 1.28 bits per heavy atom. The molecule has 7 heteroatoms. The van der Waals surface area contributed by atoms with Gasteiger partial charge in [-0.15, -0.1) is 10.2 Å². The molecule has 0 saturated heterocycles. The van der Waals surface area contributed by atoms with Crippen LogP contribution in [-0.2, 0) is 10.3 Å². The van der Waals surface area contributed by atoms with Crippen LogP contribution in [0.3, 0.4) is 0 Å². The molecule has 0 saturated carbocycles. The van der Waals surface area contributed by atoms with Crippen molar-refractivity contribution in [3.8, 4) is 0 Å². The van der Waals surface area contributed by atoms with Crippen molar-refractivity contribution in [2.45, 2.75) is 18.9 Å². The molecule has 1 heterocycles. The summed E-state index contributed by atoms with van der Waals surface area (Å²) in [6.45, 7) is 3.04. The first kappa shape index (κ1) is 19.4. The minimum absolute atomic E-state index is 0.362. The van der Waals surface area contributed by atoms with Crippen molar-refractivity contribution in [1.29, 1.82) is 0 Å². The molecule has 0 amide bonds. The van der Waals surface area contributed by atoms with Crippen LogP contribution < -0.4 is 18.6 Å². The summed E-state index contributed by atoms with van der Waals surface area (Å²) in [5.74, 6) is 0.976. The monoisotopic (exact) mass is 365 g/mol. The molecule has 0 aromatic heterocycles. The van der Waals surface area contributed by atoms with Crippen LogP contribution >= 0.6 is 0 Å². The van der Waals surface area contributed by atoms with Gasteiger partial charge in [0.15, 0.2) is 12.1 Å². The quantitative estimate of drug-likeness (QED) is 0.612. The van der Waals surface area contributed by atoms with Crippen LogP contribution in [0.5, 0.6) is 0 Å². The van der Waals surface area contributed by atoms with Crippen LogP contribution in [0.4, 0.5) is 0 Å². The standard InChI is InChI=1S/C18H20NO.ClHO4/c1-15-19(2)14-13-18(20-15,16-9-5-3-6-10-16)17-11-7-4-8-12-17;2-1(3,4)5/h3-12H,13-14H2,1-2H3;(H,2,3,4,5)/q+1;/p-1. The molecule has 6 nitrogen and oxygen atoms in total. The Morgan fingerprint density at radius 3 is 1.64 bits per heavy atom. The third kappa shape index (κ3) is 5.26. The van der Waals surface area contributed by atoms with Crippen molar-refractivity contribution in [1.82, 2.24) is 0 Å². The summed E-state index contributed by atoms with van der Waals surface area (Å²) in [4.78, 5) is 0. The van der Waals surface area contributed by atoms with Crippen LogP contribution in [0.1, 0.15) is 24.5 Å². The second-order valence-corrected chi connectivity index (χ2v) is 6.49. The Hall–Kier alpha value is -1.96. The van der Waals surface area contributed by atoms with E-state index in [1.54, 1.807) is 0 Å². The predicted octanol–water partition coefficient (Wildman–Crippen LogP) is -1.34. The van der Waals surface area contributed by atoms with Gasteiger partial charge in [-0.3, -0.25) is 0 Å². The molecule has 0 fully saturated rings. The normalized spacial score (nSPS) is 16.6. The van der Waals surface area contributed by atoms with Crippen LogP contribution in [0.25, 0.3) is 0 Å². The lowest BCUT2D eigenvalue weighted by atomic mass is 9.82. The maximum Gasteiger partial charge on any atom is 0.334 e. The van der Waals surface area contributed by atoms with Crippen molar-refractivity contribution in [3.05, 3.63) is 71.8 Å². The first-order valence-electron chi connectivity index (χ1n) is 7.69. The third-order valence-corrected chi connectivity index (χ3v) is 4.14. The van der Waals surface area contributed by atoms with Gasteiger partial charge in [-0.05, 0) is 0 Å². The number of benzene rings is 2. The Kier molecular flexibility index (Phi) is 6.16. The van der Waals surface area contributed by atoms with Crippen LogP contribution in [-0.4, -0.2) is 24.1 Å². The molecule has 0 spiro atoms. The predicted molar refractivity (Wildman–Crippen MR) is 81.1 cm³/mol. The minimum Gasteiger partial charge on any atom is -0.432 e. The topological polar surface area (TPSA) is 104 Å². The van der Waals surface area contributed by atoms with Crippen LogP contribution in [0.2, 0.25) is 0 Å². The van der Waals surface area contributed by atoms with Crippen molar-refractivity contribution >= 4 is 5.90 Å². The fraction of sp³-hybridized carbons (Fsp3) is 0.278. The smallest absolute Gasteiger partial charge is 0.334 e. The summed E-state index contributed by atoms with van der Waals surface area (Å²) in [7, 11) is -2.87. The van der Waals surface area contributed by atoms with Crippen molar-refractivity contribution in [2.75, 3.05) is 13.6 Å². The van der Waals surface area contributed by atoms with Gasteiger partial charge in [0.05, 0.1) is 13.3 Å². The first-order valence-corrected chi connectivity index (χ1v) is 8.92. The second-order valence-electron chi connectivity index (χ2n) is 5.73. The number of hydrogen-bond acceptors (Lipinski definition) is 5. The molecule has 0 bridgehead atoms.